The third-order valence-electron chi connectivity index (χ3n) is 5.20. The molecule has 4 nitrogen and oxygen atoms in total. The van der Waals surface area contributed by atoms with E-state index in [-0.39, 0.29) is 11.8 Å². The number of thiazole rings is 1. The van der Waals surface area contributed by atoms with Gasteiger partial charge in [0.05, 0.1) is 10.2 Å². The fourth-order valence-corrected chi connectivity index (χ4v) is 4.58. The number of benzene rings is 2. The van der Waals surface area contributed by atoms with E-state index in [1.165, 1.54) is 24.8 Å². The second-order valence-electron chi connectivity index (χ2n) is 7.25. The third kappa shape index (κ3) is 4.14. The highest BCUT2D eigenvalue weighted by Gasteiger charge is 2.16. The first-order valence-electron chi connectivity index (χ1n) is 9.69. The van der Waals surface area contributed by atoms with E-state index in [1.807, 2.05) is 36.4 Å². The number of nitrogens with zero attached hydrogens (tertiary/aromatic N) is 2. The Morgan fingerprint density at radius 2 is 1.93 bits per heavy atom. The van der Waals surface area contributed by atoms with Gasteiger partial charge in [0.1, 0.15) is 0 Å². The molecule has 1 atom stereocenters. The summed E-state index contributed by atoms with van der Waals surface area (Å²) in [5, 5.41) is 4.15. The largest absolute Gasteiger partial charge is 0.351 e. The minimum atomic E-state index is -0.0207. The van der Waals surface area contributed by atoms with Gasteiger partial charge in [0.15, 0.2) is 5.13 Å². The molecule has 5 heteroatoms. The summed E-state index contributed by atoms with van der Waals surface area (Å²) in [5.74, 6) is 0.264. The van der Waals surface area contributed by atoms with Gasteiger partial charge in [0.2, 0.25) is 0 Å². The fraction of sp³-hybridized carbons (Fsp3) is 0.364. The Bertz CT molecular complexity index is 916. The Labute approximate surface area is 164 Å². The first kappa shape index (κ1) is 18.0. The normalized spacial score (nSPS) is 15.7. The van der Waals surface area contributed by atoms with Gasteiger partial charge in [-0.3, -0.25) is 4.79 Å². The quantitative estimate of drug-likeness (QED) is 0.691. The maximum Gasteiger partial charge on any atom is 0.251 e. The van der Waals surface area contributed by atoms with E-state index in [2.05, 4.69) is 29.3 Å². The van der Waals surface area contributed by atoms with Gasteiger partial charge in [-0.1, -0.05) is 48.6 Å². The minimum absolute atomic E-state index is 0.0207. The molecule has 3 aromatic rings. The summed E-state index contributed by atoms with van der Waals surface area (Å²) in [5.41, 5.74) is 2.92. The lowest BCUT2D eigenvalue weighted by atomic mass is 10.0. The smallest absolute Gasteiger partial charge is 0.251 e. The molecule has 0 radical (unpaired) electrons. The second-order valence-corrected chi connectivity index (χ2v) is 8.26. The van der Waals surface area contributed by atoms with E-state index in [0.29, 0.717) is 12.1 Å². The van der Waals surface area contributed by atoms with Gasteiger partial charge in [-0.05, 0) is 48.9 Å². The van der Waals surface area contributed by atoms with Crippen molar-refractivity contribution >= 4 is 32.6 Å². The number of hydrogen-bond acceptors (Lipinski definition) is 4. The molecule has 1 aliphatic rings. The predicted molar refractivity (Wildman–Crippen MR) is 113 cm³/mol. The number of anilines is 1. The van der Waals surface area contributed by atoms with Crippen molar-refractivity contribution in [1.82, 2.24) is 10.3 Å². The lowest BCUT2D eigenvalue weighted by Gasteiger charge is -2.25. The van der Waals surface area contributed by atoms with Crippen LogP contribution in [0.15, 0.2) is 48.5 Å². The van der Waals surface area contributed by atoms with Gasteiger partial charge in [0.25, 0.3) is 5.91 Å². The van der Waals surface area contributed by atoms with Gasteiger partial charge < -0.3 is 10.2 Å². The molecule has 0 saturated carbocycles. The molecule has 1 amide bonds. The molecule has 27 heavy (non-hydrogen) atoms. The zero-order valence-corrected chi connectivity index (χ0v) is 16.5. The molecule has 1 saturated heterocycles. The molecule has 0 bridgehead atoms. The fourth-order valence-electron chi connectivity index (χ4n) is 3.52. The molecule has 2 aromatic carbocycles. The van der Waals surface area contributed by atoms with Crippen LogP contribution in [-0.4, -0.2) is 30.5 Å². The van der Waals surface area contributed by atoms with Crippen LogP contribution in [0.5, 0.6) is 0 Å². The molecule has 1 aliphatic heterocycles. The predicted octanol–water partition coefficient (Wildman–Crippen LogP) is 4.82. The van der Waals surface area contributed by atoms with Crippen LogP contribution in [0.1, 0.15) is 48.0 Å². The van der Waals surface area contributed by atoms with E-state index in [9.17, 15) is 4.79 Å². The first-order valence-corrected chi connectivity index (χ1v) is 10.5. The van der Waals surface area contributed by atoms with Crippen molar-refractivity contribution in [2.45, 2.75) is 32.1 Å². The van der Waals surface area contributed by atoms with Gasteiger partial charge in [0, 0.05) is 25.2 Å². The molecule has 4 rings (SSSR count). The average Bonchev–Trinajstić information content (AvgIpc) is 3.16. The monoisotopic (exact) mass is 379 g/mol. The van der Waals surface area contributed by atoms with Gasteiger partial charge >= 0.3 is 0 Å². The number of nitrogens with one attached hydrogen (secondary N) is 1. The summed E-state index contributed by atoms with van der Waals surface area (Å²) in [7, 11) is 0. The molecule has 0 unspecified atom stereocenters. The van der Waals surface area contributed by atoms with Crippen LogP contribution in [0.2, 0.25) is 0 Å². The van der Waals surface area contributed by atoms with Crippen LogP contribution in [0, 0.1) is 0 Å². The molecule has 140 valence electrons. The van der Waals surface area contributed by atoms with Crippen LogP contribution in [0.25, 0.3) is 10.2 Å². The van der Waals surface area contributed by atoms with Gasteiger partial charge in [-0.25, -0.2) is 4.98 Å². The van der Waals surface area contributed by atoms with Crippen LogP contribution in [-0.2, 0) is 0 Å². The first-order chi connectivity index (χ1) is 13.2. The number of amides is 1. The number of carbonyl (C=O) groups is 1. The van der Waals surface area contributed by atoms with Gasteiger partial charge in [-0.2, -0.15) is 0 Å². The summed E-state index contributed by atoms with van der Waals surface area (Å²) in [4.78, 5) is 19.7. The topological polar surface area (TPSA) is 45.2 Å². The molecule has 0 spiro atoms. The number of piperidine rings is 1. The Morgan fingerprint density at radius 3 is 2.70 bits per heavy atom. The molecule has 2 heterocycles. The Balaban J connectivity index is 1.44. The summed E-state index contributed by atoms with van der Waals surface area (Å²) in [6, 6.07) is 16.1. The van der Waals surface area contributed by atoms with Crippen molar-refractivity contribution in [2.24, 2.45) is 0 Å². The minimum Gasteiger partial charge on any atom is -0.351 e. The Morgan fingerprint density at radius 1 is 1.15 bits per heavy atom. The zero-order valence-electron chi connectivity index (χ0n) is 15.6. The standard InChI is InChI=1S/C22H25N3OS/c1-16(17-8-4-2-5-9-17)15-23-21(26)18-10-11-19-20(14-18)27-22(24-19)25-12-6-3-7-13-25/h2,4-5,8-11,14,16H,3,6-7,12-13,15H2,1H3,(H,23,26)/t16-/m0/s1. The molecular formula is C22H25N3OS. The van der Waals surface area contributed by atoms with Crippen LogP contribution in [0.3, 0.4) is 0 Å². The Kier molecular flexibility index (Phi) is 5.39. The van der Waals surface area contributed by atoms with E-state index < -0.39 is 0 Å². The van der Waals surface area contributed by atoms with E-state index in [1.54, 1.807) is 11.3 Å². The third-order valence-corrected chi connectivity index (χ3v) is 6.28. The van der Waals surface area contributed by atoms with E-state index in [0.717, 1.165) is 28.4 Å². The number of aromatic nitrogens is 1. The lowest BCUT2D eigenvalue weighted by Crippen LogP contribution is -2.29. The van der Waals surface area contributed by atoms with Crippen molar-refractivity contribution < 1.29 is 4.79 Å². The summed E-state index contributed by atoms with van der Waals surface area (Å²) in [6.45, 7) is 4.94. The number of carbonyl (C=O) groups excluding carboxylic acids is 1. The van der Waals surface area contributed by atoms with E-state index in [4.69, 9.17) is 4.98 Å². The summed E-state index contributed by atoms with van der Waals surface area (Å²) in [6.07, 6.45) is 3.79. The average molecular weight is 380 g/mol. The van der Waals surface area contributed by atoms with Crippen molar-refractivity contribution in [3.63, 3.8) is 0 Å². The maximum absolute atomic E-state index is 12.6. The highest BCUT2D eigenvalue weighted by atomic mass is 32.1. The van der Waals surface area contributed by atoms with Crippen LogP contribution < -0.4 is 10.2 Å². The Hall–Kier alpha value is -2.40. The van der Waals surface area contributed by atoms with Crippen molar-refractivity contribution in [2.75, 3.05) is 24.5 Å². The summed E-state index contributed by atoms with van der Waals surface area (Å²) >= 11 is 1.69. The van der Waals surface area contributed by atoms with Gasteiger partial charge in [-0.15, -0.1) is 0 Å². The molecular weight excluding hydrogens is 354 g/mol. The second kappa shape index (κ2) is 8.09. The van der Waals surface area contributed by atoms with Crippen molar-refractivity contribution in [1.29, 1.82) is 0 Å². The van der Waals surface area contributed by atoms with Crippen LogP contribution >= 0.6 is 11.3 Å². The highest BCUT2D eigenvalue weighted by Crippen LogP contribution is 2.31. The molecule has 1 aromatic heterocycles. The molecule has 1 fully saturated rings. The number of rotatable bonds is 5. The lowest BCUT2D eigenvalue weighted by molar-refractivity contribution is 0.0952. The van der Waals surface area contributed by atoms with E-state index >= 15 is 0 Å². The van der Waals surface area contributed by atoms with Crippen LogP contribution in [0.4, 0.5) is 5.13 Å². The number of hydrogen-bond donors (Lipinski definition) is 1. The zero-order chi connectivity index (χ0) is 18.6. The molecule has 0 aliphatic carbocycles. The highest BCUT2D eigenvalue weighted by molar-refractivity contribution is 7.22. The summed E-state index contributed by atoms with van der Waals surface area (Å²) < 4.78 is 1.08. The molecule has 1 N–H and O–H groups in total. The number of fused-ring (bicyclic) bond motifs is 1. The maximum atomic E-state index is 12.6. The SMILES string of the molecule is C[C@@H](CNC(=O)c1ccc2nc(N3CCCCC3)sc2c1)c1ccccc1. The van der Waals surface area contributed by atoms with Crippen molar-refractivity contribution in [3.8, 4) is 0 Å². The van der Waals surface area contributed by atoms with Crippen molar-refractivity contribution in [3.05, 3.63) is 59.7 Å².